The van der Waals surface area contributed by atoms with Crippen molar-refractivity contribution >= 4 is 124 Å². The van der Waals surface area contributed by atoms with Gasteiger partial charge in [0.2, 0.25) is 11.9 Å². The van der Waals surface area contributed by atoms with Crippen LogP contribution in [0.3, 0.4) is 0 Å². The van der Waals surface area contributed by atoms with Crippen LogP contribution >= 0.6 is 0 Å². The number of rotatable bonds is 11. The quantitative estimate of drug-likeness (QED) is 0.0468. The van der Waals surface area contributed by atoms with E-state index in [0.29, 0.717) is 73.1 Å². The molecule has 82 heavy (non-hydrogen) atoms. The van der Waals surface area contributed by atoms with E-state index in [-0.39, 0.29) is 22.6 Å². The number of carboxylic acids is 2. The van der Waals surface area contributed by atoms with Crippen molar-refractivity contribution in [2.75, 3.05) is 21.3 Å². The van der Waals surface area contributed by atoms with Crippen molar-refractivity contribution in [3.8, 4) is 12.3 Å². The third kappa shape index (κ3) is 11.4. The molecule has 19 nitrogen and oxygen atoms in total. The Bertz CT molecular complexity index is 4560. The Morgan fingerprint density at radius 3 is 1.55 bits per heavy atom. The number of nitrogens with zero attached hydrogens (tertiary/aromatic N) is 9. The van der Waals surface area contributed by atoms with Crippen LogP contribution in [0.2, 0.25) is 0 Å². The second kappa shape index (κ2) is 22.1. The number of anilines is 7. The van der Waals surface area contributed by atoms with Crippen LogP contribution in [0.1, 0.15) is 55.0 Å². The van der Waals surface area contributed by atoms with Crippen LogP contribution in [0.5, 0.6) is 0 Å². The van der Waals surface area contributed by atoms with Gasteiger partial charge in [-0.3, -0.25) is 4.79 Å². The maximum atomic E-state index is 13.0. The smallest absolute Gasteiger partial charge is 0.416 e. The van der Waals surface area contributed by atoms with Crippen LogP contribution < -0.4 is 27.0 Å². The number of alkyl halides is 3. The van der Waals surface area contributed by atoms with E-state index in [1.54, 1.807) is 61.1 Å². The average Bonchev–Trinajstić information content (AvgIpc) is 3.68. The summed E-state index contributed by atoms with van der Waals surface area (Å²) in [6, 6.07) is 36.7. The van der Waals surface area contributed by atoms with Crippen molar-refractivity contribution < 1.29 is 37.8 Å². The molecule has 1 aliphatic rings. The van der Waals surface area contributed by atoms with Crippen molar-refractivity contribution in [3.63, 3.8) is 0 Å². The summed E-state index contributed by atoms with van der Waals surface area (Å²) in [4.78, 5) is 73.6. The van der Waals surface area contributed by atoms with Crippen molar-refractivity contribution in [2.45, 2.75) is 25.1 Å². The van der Waals surface area contributed by atoms with Gasteiger partial charge < -0.3 is 37.2 Å². The molecular weight excluding hydrogens is 1050 g/mol. The van der Waals surface area contributed by atoms with Crippen LogP contribution in [0.4, 0.5) is 53.6 Å². The molecule has 0 aliphatic heterocycles. The van der Waals surface area contributed by atoms with Crippen molar-refractivity contribution in [1.29, 1.82) is 0 Å². The number of terminal acetylenes is 1. The van der Waals surface area contributed by atoms with E-state index in [4.69, 9.17) is 17.1 Å². The molecule has 13 rings (SSSR count). The Hall–Kier alpha value is -11.5. The molecule has 0 atom stereocenters. The molecule has 0 radical (unpaired) electrons. The second-order valence-corrected chi connectivity index (χ2v) is 18.5. The van der Waals surface area contributed by atoms with Gasteiger partial charge in [-0.25, -0.2) is 54.4 Å². The highest BCUT2D eigenvalue weighted by atomic mass is 19.4. The Labute approximate surface area is 461 Å². The molecule has 8 N–H and O–H groups in total. The molecule has 0 spiro atoms. The van der Waals surface area contributed by atoms with E-state index >= 15 is 0 Å². The molecule has 1 aliphatic carbocycles. The molecule has 0 saturated heterocycles. The number of amides is 1. The number of benzene rings is 6. The second-order valence-electron chi connectivity index (χ2n) is 18.5. The van der Waals surface area contributed by atoms with E-state index in [1.165, 1.54) is 36.9 Å². The molecule has 1 fully saturated rings. The molecular formula is C60H41F3N14O5. The molecule has 0 unspecified atom stereocenters. The Kier molecular flexibility index (Phi) is 14.2. The summed E-state index contributed by atoms with van der Waals surface area (Å²) in [6.07, 6.45) is 11.1. The minimum absolute atomic E-state index is 0.0428. The molecule has 6 aromatic carbocycles. The lowest BCUT2D eigenvalue weighted by molar-refractivity contribution is -0.137. The molecule has 1 saturated carbocycles. The summed E-state index contributed by atoms with van der Waals surface area (Å²) in [6.45, 7) is 0. The molecule has 0 bridgehead atoms. The van der Waals surface area contributed by atoms with Crippen LogP contribution in [0, 0.1) is 12.3 Å². The topological polar surface area (TPSA) is 282 Å². The largest absolute Gasteiger partial charge is 0.478 e. The van der Waals surface area contributed by atoms with Crippen LogP contribution in [-0.4, -0.2) is 79.0 Å². The number of hydrogen-bond acceptors (Lipinski definition) is 16. The SMILES string of the molecule is C#Cc1cccc(Nc2nc3cc(C(N)=O)ccc3c3cncnc23)c1.O=C(O)c1ccc2c(c1)nc(Nc1cccc(C(F)(F)F)c1)c1ncncc12.O=C(O)c1ccc2c(c1)nc(Nc1ccccc1)c1nc(NC3CC3)ncc12. The van der Waals surface area contributed by atoms with E-state index in [2.05, 4.69) is 67.1 Å². The summed E-state index contributed by atoms with van der Waals surface area (Å²) in [5, 5.41) is 35.8. The number of aromatic nitrogens is 9. The molecule has 6 aromatic heterocycles. The molecule has 12 aromatic rings. The lowest BCUT2D eigenvalue weighted by Gasteiger charge is -2.13. The van der Waals surface area contributed by atoms with Gasteiger partial charge in [-0.15, -0.1) is 6.42 Å². The summed E-state index contributed by atoms with van der Waals surface area (Å²) >= 11 is 0. The van der Waals surface area contributed by atoms with E-state index in [1.807, 2.05) is 54.6 Å². The zero-order chi connectivity index (χ0) is 57.1. The molecule has 22 heteroatoms. The number of para-hydroxylation sites is 1. The van der Waals surface area contributed by atoms with Gasteiger partial charge in [0, 0.05) is 85.1 Å². The fourth-order valence-electron chi connectivity index (χ4n) is 8.82. The summed E-state index contributed by atoms with van der Waals surface area (Å²) in [7, 11) is 0. The zero-order valence-electron chi connectivity index (χ0n) is 42.5. The fraction of sp³-hybridized carbons (Fsp3) is 0.0667. The zero-order valence-corrected chi connectivity index (χ0v) is 42.5. The number of fused-ring (bicyclic) bond motifs is 9. The molecule has 1 amide bonds. The average molecular weight is 1100 g/mol. The lowest BCUT2D eigenvalue weighted by atomic mass is 10.1. The van der Waals surface area contributed by atoms with Crippen molar-refractivity contribution in [1.82, 2.24) is 44.9 Å². The minimum Gasteiger partial charge on any atom is -0.478 e. The van der Waals surface area contributed by atoms with E-state index < -0.39 is 29.6 Å². The number of halogens is 3. The first-order valence-electron chi connectivity index (χ1n) is 25.0. The monoisotopic (exact) mass is 1090 g/mol. The predicted molar refractivity (Wildman–Crippen MR) is 306 cm³/mol. The predicted octanol–water partition coefficient (Wildman–Crippen LogP) is 11.8. The van der Waals surface area contributed by atoms with Crippen LogP contribution in [-0.2, 0) is 6.18 Å². The van der Waals surface area contributed by atoms with Gasteiger partial charge in [-0.05, 0) is 97.8 Å². The fourth-order valence-corrected chi connectivity index (χ4v) is 8.82. The van der Waals surface area contributed by atoms with Crippen molar-refractivity contribution in [2.24, 2.45) is 5.73 Å². The normalized spacial score (nSPS) is 12.0. The first kappa shape index (κ1) is 52.6. The third-order valence-electron chi connectivity index (χ3n) is 12.9. The summed E-state index contributed by atoms with van der Waals surface area (Å²) in [5.41, 5.74) is 11.1. The number of carboxylic acid groups (broad SMARTS) is 2. The number of hydrogen-bond donors (Lipinski definition) is 7. The van der Waals surface area contributed by atoms with E-state index in [0.717, 1.165) is 63.5 Å². The number of nitrogens with one attached hydrogen (secondary N) is 4. The van der Waals surface area contributed by atoms with Gasteiger partial charge in [0.05, 0.1) is 33.2 Å². The number of primary amides is 1. The third-order valence-corrected chi connectivity index (χ3v) is 12.9. The highest BCUT2D eigenvalue weighted by molar-refractivity contribution is 6.12. The van der Waals surface area contributed by atoms with Gasteiger partial charge in [0.1, 0.15) is 29.2 Å². The summed E-state index contributed by atoms with van der Waals surface area (Å²) < 4.78 is 38.9. The number of pyridine rings is 3. The first-order chi connectivity index (χ1) is 39.6. The first-order valence-corrected chi connectivity index (χ1v) is 25.0. The number of aromatic carboxylic acids is 2. The summed E-state index contributed by atoms with van der Waals surface area (Å²) in [5.74, 6) is 1.89. The van der Waals surface area contributed by atoms with E-state index in [9.17, 15) is 37.8 Å². The maximum absolute atomic E-state index is 13.0. The van der Waals surface area contributed by atoms with Crippen LogP contribution in [0.15, 0.2) is 165 Å². The highest BCUT2D eigenvalue weighted by Gasteiger charge is 2.30. The highest BCUT2D eigenvalue weighted by Crippen LogP contribution is 2.36. The van der Waals surface area contributed by atoms with Crippen LogP contribution in [0.25, 0.3) is 65.4 Å². The number of nitrogens with two attached hydrogens (primary N) is 1. The molecule has 6 heterocycles. The van der Waals surface area contributed by atoms with Gasteiger partial charge in [0.25, 0.3) is 0 Å². The Morgan fingerprint density at radius 1 is 0.537 bits per heavy atom. The Morgan fingerprint density at radius 2 is 1.02 bits per heavy atom. The number of carbonyl (C=O) groups is 3. The van der Waals surface area contributed by atoms with Crippen molar-refractivity contribution in [3.05, 3.63) is 193 Å². The standard InChI is InChI=1S/C21H17N5O2.C20H13N5O.C19H11F3N4O2/c27-20(28)12-6-9-15-16-11-22-21(24-14-7-8-14)26-18(16)19(25-17(15)10-12)23-13-4-2-1-3-5-13;1-2-12-4-3-5-14(8-12)24-20-18-16(10-22-11-23-18)15-7-6-13(19(21)26)9-17(15)25-20;20-19(21,22)11-2-1-3-12(7-11)25-17-16-14(8-23-9-24-16)13-5-4-10(18(27)28)6-15(13)26-17/h1-6,9-11,14H,7-8H2,(H,23,25)(H,27,28)(H,22,24,26);1,3-11H,(H2,21,26)(H,24,25);1-9H,(H,25,26)(H,27,28). The minimum atomic E-state index is -4.48. The lowest BCUT2D eigenvalue weighted by Crippen LogP contribution is -2.10. The van der Waals surface area contributed by atoms with Gasteiger partial charge in [-0.2, -0.15) is 13.2 Å². The van der Waals surface area contributed by atoms with Gasteiger partial charge in [0.15, 0.2) is 17.5 Å². The maximum Gasteiger partial charge on any atom is 0.416 e. The molecule has 402 valence electrons. The van der Waals surface area contributed by atoms with Gasteiger partial charge in [-0.1, -0.05) is 54.5 Å². The van der Waals surface area contributed by atoms with Gasteiger partial charge >= 0.3 is 18.1 Å². The Balaban J connectivity index is 0.000000129. The number of carbonyl (C=O) groups excluding carboxylic acids is 1.